The van der Waals surface area contributed by atoms with E-state index in [0.29, 0.717) is 0 Å². The smallest absolute Gasteiger partial charge is 0.331 e. The van der Waals surface area contributed by atoms with Crippen LogP contribution in [0.3, 0.4) is 0 Å². The molecule has 6 heteroatoms. The van der Waals surface area contributed by atoms with E-state index in [1.54, 1.807) is 0 Å². The molecule has 0 aliphatic rings. The minimum absolute atomic E-state index is 0.303. The molecule has 6 nitrogen and oxygen atoms in total. The summed E-state index contributed by atoms with van der Waals surface area (Å²) < 4.78 is 0. The average Bonchev–Trinajstić information content (AvgIpc) is 2.63. The summed E-state index contributed by atoms with van der Waals surface area (Å²) in [5, 5.41) is 16.1. The van der Waals surface area contributed by atoms with Crippen molar-refractivity contribution in [3.8, 4) is 0 Å². The van der Waals surface area contributed by atoms with Crippen molar-refractivity contribution in [3.05, 3.63) is 12.2 Å². The summed E-state index contributed by atoms with van der Waals surface area (Å²) in [6.07, 6.45) is 7.25. The Hall–Kier alpha value is -1.40. The Morgan fingerprint density at radius 2 is 0.862 bits per heavy atom. The molecule has 0 spiro atoms. The molecule has 0 fully saturated rings. The van der Waals surface area contributed by atoms with E-state index in [9.17, 15) is 9.59 Å². The first-order valence-electron chi connectivity index (χ1n) is 11.3. The van der Waals surface area contributed by atoms with Crippen molar-refractivity contribution >= 4 is 11.9 Å². The Bertz CT molecular complexity index is 354. The lowest BCUT2D eigenvalue weighted by Crippen LogP contribution is -2.26. The summed E-state index contributed by atoms with van der Waals surface area (Å²) in [6, 6.07) is 0. The fourth-order valence-electron chi connectivity index (χ4n) is 2.83. The maximum atomic E-state index is 9.87. The Labute approximate surface area is 180 Å². The van der Waals surface area contributed by atoms with Crippen molar-refractivity contribution in [3.63, 3.8) is 0 Å². The van der Waals surface area contributed by atoms with Gasteiger partial charge < -0.3 is 20.0 Å². The van der Waals surface area contributed by atoms with Crippen LogP contribution in [0.5, 0.6) is 0 Å². The number of carboxylic acids is 2. The second-order valence-electron chi connectivity index (χ2n) is 7.16. The van der Waals surface area contributed by atoms with Crippen molar-refractivity contribution in [1.29, 1.82) is 0 Å². The third kappa shape index (κ3) is 26.6. The Morgan fingerprint density at radius 1 is 0.621 bits per heavy atom. The molecule has 0 saturated heterocycles. The topological polar surface area (TPSA) is 81.1 Å². The number of nitrogens with zero attached hydrogens (tertiary/aromatic N) is 2. The van der Waals surface area contributed by atoms with Crippen LogP contribution in [-0.2, 0) is 9.59 Å². The van der Waals surface area contributed by atoms with Crippen molar-refractivity contribution in [2.75, 3.05) is 39.3 Å². The molecule has 29 heavy (non-hydrogen) atoms. The lowest BCUT2D eigenvalue weighted by atomic mass is 10.2. The van der Waals surface area contributed by atoms with Crippen molar-refractivity contribution in [1.82, 2.24) is 9.80 Å². The van der Waals surface area contributed by atoms with Crippen LogP contribution in [0.1, 0.15) is 86.5 Å². The minimum atomic E-state index is -1.27. The quantitative estimate of drug-likeness (QED) is 0.360. The van der Waals surface area contributed by atoms with Gasteiger partial charge in [-0.15, -0.1) is 0 Å². The third-order valence-electron chi connectivity index (χ3n) is 3.91. The van der Waals surface area contributed by atoms with Gasteiger partial charge in [-0.1, -0.05) is 48.1 Å². The maximum Gasteiger partial charge on any atom is 0.331 e. The number of carboxylic acid groups (broad SMARTS) is 2. The minimum Gasteiger partial charge on any atom is -0.481 e. The van der Waals surface area contributed by atoms with Crippen LogP contribution < -0.4 is 0 Å². The van der Waals surface area contributed by atoms with Gasteiger partial charge in [0.2, 0.25) is 0 Å². The van der Waals surface area contributed by atoms with Gasteiger partial charge in [-0.25, -0.2) is 4.79 Å². The predicted molar refractivity (Wildman–Crippen MR) is 124 cm³/mol. The number of carbonyl (C=O) groups is 2. The van der Waals surface area contributed by atoms with E-state index < -0.39 is 18.4 Å². The molecule has 0 atom stereocenters. The number of rotatable bonds is 15. The Balaban J connectivity index is -0.000000350. The summed E-state index contributed by atoms with van der Waals surface area (Å²) in [5.74, 6) is -2.44. The Kier molecular flexibility index (Phi) is 27.4. The van der Waals surface area contributed by atoms with Crippen LogP contribution in [0.4, 0.5) is 0 Å². The van der Waals surface area contributed by atoms with E-state index in [1.165, 1.54) is 77.8 Å². The van der Waals surface area contributed by atoms with E-state index >= 15 is 0 Å². The van der Waals surface area contributed by atoms with Gasteiger partial charge in [0, 0.05) is 5.57 Å². The fourth-order valence-corrected chi connectivity index (χ4v) is 2.83. The van der Waals surface area contributed by atoms with Crippen LogP contribution in [0.2, 0.25) is 0 Å². The fraction of sp³-hybridized carbons (Fsp3) is 0.826. The van der Waals surface area contributed by atoms with Gasteiger partial charge >= 0.3 is 11.9 Å². The van der Waals surface area contributed by atoms with Crippen LogP contribution in [0.15, 0.2) is 12.2 Å². The molecule has 0 saturated carbocycles. The predicted octanol–water partition coefficient (Wildman–Crippen LogP) is 5.14. The molecule has 0 aromatic carbocycles. The molecule has 0 heterocycles. The number of aliphatic carboxylic acids is 2. The van der Waals surface area contributed by atoms with E-state index in [1.807, 2.05) is 0 Å². The van der Waals surface area contributed by atoms with E-state index in [-0.39, 0.29) is 5.57 Å². The highest BCUT2D eigenvalue weighted by Crippen LogP contribution is 1.96. The first-order chi connectivity index (χ1) is 13.7. The van der Waals surface area contributed by atoms with Crippen molar-refractivity contribution < 1.29 is 19.8 Å². The zero-order valence-corrected chi connectivity index (χ0v) is 20.0. The summed E-state index contributed by atoms with van der Waals surface area (Å²) in [5.41, 5.74) is -0.303. The summed E-state index contributed by atoms with van der Waals surface area (Å²) in [6.45, 7) is 24.2. The number of hydrogen-bond acceptors (Lipinski definition) is 4. The van der Waals surface area contributed by atoms with Gasteiger partial charge in [-0.2, -0.15) is 0 Å². The van der Waals surface area contributed by atoms with Gasteiger partial charge in [-0.3, -0.25) is 4.79 Å². The molecule has 0 radical (unpaired) electrons. The highest BCUT2D eigenvalue weighted by Gasteiger charge is 2.07. The highest BCUT2D eigenvalue weighted by atomic mass is 16.4. The molecule has 0 aliphatic carbocycles. The molecule has 0 bridgehead atoms. The highest BCUT2D eigenvalue weighted by molar-refractivity contribution is 5.91. The van der Waals surface area contributed by atoms with Gasteiger partial charge in [-0.05, 0) is 77.8 Å². The summed E-state index contributed by atoms with van der Waals surface area (Å²) in [7, 11) is 0. The lowest BCUT2D eigenvalue weighted by molar-refractivity contribution is -0.139. The van der Waals surface area contributed by atoms with Crippen LogP contribution in [-0.4, -0.2) is 71.2 Å². The third-order valence-corrected chi connectivity index (χ3v) is 3.91. The molecular weight excluding hydrogens is 368 g/mol. The summed E-state index contributed by atoms with van der Waals surface area (Å²) >= 11 is 0. The van der Waals surface area contributed by atoms with E-state index in [0.717, 1.165) is 0 Å². The second-order valence-corrected chi connectivity index (χ2v) is 7.16. The van der Waals surface area contributed by atoms with Crippen LogP contribution in [0.25, 0.3) is 0 Å². The summed E-state index contributed by atoms with van der Waals surface area (Å²) in [4.78, 5) is 24.7. The largest absolute Gasteiger partial charge is 0.481 e. The van der Waals surface area contributed by atoms with E-state index in [4.69, 9.17) is 10.2 Å². The first kappa shape index (κ1) is 32.3. The number of hydrogen-bond donors (Lipinski definition) is 2. The zero-order chi connectivity index (χ0) is 23.1. The SMILES string of the molecule is C=C(CC(=O)O)C(=O)O.CCCN(CCC)CCC.CCCN(CCC)CCC. The van der Waals surface area contributed by atoms with E-state index in [2.05, 4.69) is 57.9 Å². The first-order valence-corrected chi connectivity index (χ1v) is 11.3. The monoisotopic (exact) mass is 416 g/mol. The molecule has 0 aromatic rings. The Morgan fingerprint density at radius 3 is 0.966 bits per heavy atom. The molecule has 0 aromatic heterocycles. The standard InChI is InChI=1S/2C9H21N.C5H6O4/c2*1-4-7-10(8-5-2)9-6-3;1-3(5(8)9)2-4(6)7/h2*4-9H2,1-3H3;1-2H2,(H,6,7)(H,8,9). The lowest BCUT2D eigenvalue weighted by Gasteiger charge is -2.19. The molecular formula is C23H48N2O4. The second kappa shape index (κ2) is 24.6. The molecule has 0 amide bonds. The van der Waals surface area contributed by atoms with Crippen LogP contribution >= 0.6 is 0 Å². The van der Waals surface area contributed by atoms with Gasteiger partial charge in [0.15, 0.2) is 0 Å². The van der Waals surface area contributed by atoms with Gasteiger partial charge in [0.1, 0.15) is 0 Å². The normalized spacial score (nSPS) is 10.1. The average molecular weight is 417 g/mol. The molecule has 2 N–H and O–H groups in total. The van der Waals surface area contributed by atoms with Crippen LogP contribution in [0, 0.1) is 0 Å². The molecule has 0 rings (SSSR count). The van der Waals surface area contributed by atoms with Gasteiger partial charge in [0.05, 0.1) is 6.42 Å². The molecule has 0 unspecified atom stereocenters. The zero-order valence-electron chi connectivity index (χ0n) is 20.0. The maximum absolute atomic E-state index is 9.87. The molecule has 174 valence electrons. The molecule has 0 aliphatic heterocycles. The van der Waals surface area contributed by atoms with Crippen molar-refractivity contribution in [2.24, 2.45) is 0 Å². The van der Waals surface area contributed by atoms with Crippen molar-refractivity contribution in [2.45, 2.75) is 86.5 Å². The van der Waals surface area contributed by atoms with Gasteiger partial charge in [0.25, 0.3) is 0 Å².